The molecule has 0 unspecified atom stereocenters. The van der Waals surface area contributed by atoms with Gasteiger partial charge < -0.3 is 15.5 Å². The smallest absolute Gasteiger partial charge is 0.239 e. The number of carbonyl (C=O) groups excluding carboxylic acids is 1. The second-order valence-corrected chi connectivity index (χ2v) is 6.60. The van der Waals surface area contributed by atoms with Gasteiger partial charge in [0.1, 0.15) is 6.34 Å². The molecule has 1 saturated heterocycles. The van der Waals surface area contributed by atoms with E-state index in [1.807, 2.05) is 28.1 Å². The Hall–Kier alpha value is -2.73. The lowest BCUT2D eigenvalue weighted by molar-refractivity contribution is -0.131. The van der Waals surface area contributed by atoms with E-state index in [1.165, 1.54) is 0 Å². The van der Waals surface area contributed by atoms with Crippen LogP contribution < -0.4 is 5.73 Å². The molecule has 0 spiro atoms. The molecular formula is C20H25N5O. The minimum absolute atomic E-state index is 0.0651. The highest BCUT2D eigenvalue weighted by molar-refractivity contribution is 5.82. The third-order valence-corrected chi connectivity index (χ3v) is 4.68. The topological polar surface area (TPSA) is 74.3 Å². The minimum atomic E-state index is -0.467. The van der Waals surface area contributed by atoms with E-state index in [2.05, 4.69) is 41.2 Å². The minimum Gasteiger partial charge on any atom is -0.341 e. The van der Waals surface area contributed by atoms with Gasteiger partial charge in [-0.3, -0.25) is 4.79 Å². The van der Waals surface area contributed by atoms with Gasteiger partial charge in [-0.15, -0.1) is 5.10 Å². The van der Waals surface area contributed by atoms with Crippen molar-refractivity contribution in [1.29, 1.82) is 0 Å². The van der Waals surface area contributed by atoms with Crippen molar-refractivity contribution in [3.63, 3.8) is 0 Å². The van der Waals surface area contributed by atoms with Gasteiger partial charge >= 0.3 is 0 Å². The summed E-state index contributed by atoms with van der Waals surface area (Å²) in [5, 5.41) is 7.30. The van der Waals surface area contributed by atoms with Gasteiger partial charge in [0.05, 0.1) is 6.04 Å². The fourth-order valence-corrected chi connectivity index (χ4v) is 3.28. The van der Waals surface area contributed by atoms with E-state index >= 15 is 0 Å². The Labute approximate surface area is 154 Å². The molecule has 2 aliphatic rings. The highest BCUT2D eigenvalue weighted by atomic mass is 16.2. The van der Waals surface area contributed by atoms with Gasteiger partial charge in [0, 0.05) is 32.6 Å². The molecule has 26 heavy (non-hydrogen) atoms. The molecule has 0 saturated carbocycles. The molecule has 0 radical (unpaired) electrons. The van der Waals surface area contributed by atoms with Crippen LogP contribution in [0.2, 0.25) is 0 Å². The summed E-state index contributed by atoms with van der Waals surface area (Å²) in [7, 11) is 0. The van der Waals surface area contributed by atoms with E-state index in [9.17, 15) is 4.79 Å². The number of likely N-dealkylation sites (tertiary alicyclic amines) is 1. The quantitative estimate of drug-likeness (QED) is 0.484. The number of rotatable bonds is 6. The van der Waals surface area contributed by atoms with Crippen LogP contribution in [0, 0.1) is 0 Å². The summed E-state index contributed by atoms with van der Waals surface area (Å²) in [5.41, 5.74) is 9.40. The molecule has 2 N–H and O–H groups in total. The first-order chi connectivity index (χ1) is 12.7. The number of benzene rings is 1. The number of nitrogens with two attached hydrogens (primary N) is 1. The van der Waals surface area contributed by atoms with E-state index in [1.54, 1.807) is 6.34 Å². The summed E-state index contributed by atoms with van der Waals surface area (Å²) < 4.78 is 0. The fourth-order valence-electron chi connectivity index (χ4n) is 3.28. The van der Waals surface area contributed by atoms with Crippen LogP contribution in [0.4, 0.5) is 0 Å². The maximum absolute atomic E-state index is 12.3. The van der Waals surface area contributed by atoms with Gasteiger partial charge in [-0.25, -0.2) is 0 Å². The van der Waals surface area contributed by atoms with Gasteiger partial charge in [-0.1, -0.05) is 36.4 Å². The summed E-state index contributed by atoms with van der Waals surface area (Å²) in [6, 6.07) is 7.74. The Morgan fingerprint density at radius 3 is 2.69 bits per heavy atom. The molecule has 0 aromatic heterocycles. The zero-order valence-corrected chi connectivity index (χ0v) is 14.9. The van der Waals surface area contributed by atoms with E-state index in [-0.39, 0.29) is 5.91 Å². The predicted octanol–water partition coefficient (Wildman–Crippen LogP) is 2.04. The van der Waals surface area contributed by atoms with Crippen LogP contribution in [-0.2, 0) is 11.2 Å². The summed E-state index contributed by atoms with van der Waals surface area (Å²) in [4.78, 5) is 16.2. The van der Waals surface area contributed by atoms with E-state index < -0.39 is 6.04 Å². The second kappa shape index (κ2) is 8.58. The van der Waals surface area contributed by atoms with Gasteiger partial charge in [0.2, 0.25) is 5.91 Å². The standard InChI is InChI=1S/C20H25N5O/c1-22-23-15-24-10-4-5-18(14-24)17-8-6-16(7-9-17)13-19(21)20(26)25-11-2-3-12-25/h4-9,14-15,19H,1-3,10-13,21H2/b23-15-/t19-/m0/s1. The van der Waals surface area contributed by atoms with E-state index in [0.717, 1.165) is 49.2 Å². The number of carbonyl (C=O) groups is 1. The molecule has 2 aliphatic heterocycles. The van der Waals surface area contributed by atoms with Crippen molar-refractivity contribution >= 4 is 24.5 Å². The van der Waals surface area contributed by atoms with Crippen LogP contribution in [0.5, 0.6) is 0 Å². The monoisotopic (exact) mass is 351 g/mol. The highest BCUT2D eigenvalue weighted by Gasteiger charge is 2.23. The van der Waals surface area contributed by atoms with E-state index in [0.29, 0.717) is 6.42 Å². The van der Waals surface area contributed by atoms with Gasteiger partial charge in [0.25, 0.3) is 0 Å². The fraction of sp³-hybridized carbons (Fsp3) is 0.350. The zero-order valence-electron chi connectivity index (χ0n) is 14.9. The van der Waals surface area contributed by atoms with Gasteiger partial charge in [-0.2, -0.15) is 5.10 Å². The molecule has 0 bridgehead atoms. The Morgan fingerprint density at radius 1 is 1.27 bits per heavy atom. The largest absolute Gasteiger partial charge is 0.341 e. The predicted molar refractivity (Wildman–Crippen MR) is 106 cm³/mol. The summed E-state index contributed by atoms with van der Waals surface area (Å²) >= 11 is 0. The molecule has 6 heteroatoms. The average molecular weight is 351 g/mol. The summed E-state index contributed by atoms with van der Waals surface area (Å²) in [6.45, 7) is 5.78. The maximum Gasteiger partial charge on any atom is 0.239 e. The van der Waals surface area contributed by atoms with Crippen molar-refractivity contribution in [1.82, 2.24) is 9.80 Å². The Morgan fingerprint density at radius 2 is 2.00 bits per heavy atom. The SMILES string of the molecule is C=N/N=C\N1C=C(c2ccc(C[C@H](N)C(=O)N3CCCC3)cc2)C=CC1. The Kier molecular flexibility index (Phi) is 5.96. The third-order valence-electron chi connectivity index (χ3n) is 4.68. The Balaban J connectivity index is 1.63. The first kappa shape index (κ1) is 18.1. The second-order valence-electron chi connectivity index (χ2n) is 6.60. The average Bonchev–Trinajstić information content (AvgIpc) is 3.21. The van der Waals surface area contributed by atoms with Crippen LogP contribution in [0.25, 0.3) is 5.57 Å². The van der Waals surface area contributed by atoms with Crippen LogP contribution in [0.15, 0.2) is 52.8 Å². The van der Waals surface area contributed by atoms with Crippen LogP contribution in [-0.4, -0.2) is 54.4 Å². The highest BCUT2D eigenvalue weighted by Crippen LogP contribution is 2.20. The van der Waals surface area contributed by atoms with Crippen LogP contribution in [0.3, 0.4) is 0 Å². The number of nitrogens with zero attached hydrogens (tertiary/aromatic N) is 4. The summed E-state index contributed by atoms with van der Waals surface area (Å²) in [6.07, 6.45) is 10.6. The number of amides is 1. The molecule has 1 aromatic carbocycles. The lowest BCUT2D eigenvalue weighted by Crippen LogP contribution is -2.43. The molecule has 2 heterocycles. The lowest BCUT2D eigenvalue weighted by atomic mass is 10.00. The zero-order chi connectivity index (χ0) is 18.4. The maximum atomic E-state index is 12.3. The molecule has 1 aromatic rings. The van der Waals surface area contributed by atoms with Crippen LogP contribution >= 0.6 is 0 Å². The van der Waals surface area contributed by atoms with Crippen molar-refractivity contribution in [2.75, 3.05) is 19.6 Å². The summed E-state index contributed by atoms with van der Waals surface area (Å²) in [5.74, 6) is 0.0651. The molecule has 136 valence electrons. The lowest BCUT2D eigenvalue weighted by Gasteiger charge is -2.20. The molecule has 1 atom stereocenters. The number of hydrogen-bond donors (Lipinski definition) is 1. The van der Waals surface area contributed by atoms with Crippen molar-refractivity contribution in [2.45, 2.75) is 25.3 Å². The van der Waals surface area contributed by atoms with Crippen LogP contribution in [0.1, 0.15) is 24.0 Å². The van der Waals surface area contributed by atoms with Crippen molar-refractivity contribution in [3.05, 3.63) is 53.7 Å². The van der Waals surface area contributed by atoms with Crippen molar-refractivity contribution in [3.8, 4) is 0 Å². The van der Waals surface area contributed by atoms with Crippen molar-refractivity contribution < 1.29 is 4.79 Å². The normalized spacial score (nSPS) is 18.3. The molecule has 1 fully saturated rings. The first-order valence-electron chi connectivity index (χ1n) is 8.94. The van der Waals surface area contributed by atoms with Gasteiger partial charge in [-0.05, 0) is 36.0 Å². The van der Waals surface area contributed by atoms with E-state index in [4.69, 9.17) is 5.73 Å². The molecule has 1 amide bonds. The number of allylic oxidation sites excluding steroid dienone is 2. The Bertz CT molecular complexity index is 729. The molecule has 0 aliphatic carbocycles. The molecule has 6 nitrogen and oxygen atoms in total. The van der Waals surface area contributed by atoms with Gasteiger partial charge in [0.15, 0.2) is 0 Å². The third kappa shape index (κ3) is 4.46. The molecule has 3 rings (SSSR count). The van der Waals surface area contributed by atoms with Crippen molar-refractivity contribution in [2.24, 2.45) is 15.9 Å². The molecular weight excluding hydrogens is 326 g/mol. The first-order valence-corrected chi connectivity index (χ1v) is 8.94. The number of hydrogen-bond acceptors (Lipinski definition) is 4.